The van der Waals surface area contributed by atoms with Gasteiger partial charge in [-0.1, -0.05) is 54.8 Å². The normalized spacial score (nSPS) is 15.5. The fourth-order valence-corrected chi connectivity index (χ4v) is 3.75. The monoisotopic (exact) mass is 324 g/mol. The fourth-order valence-electron chi connectivity index (χ4n) is 3.62. The van der Waals surface area contributed by atoms with Gasteiger partial charge in [-0.15, -0.1) is 0 Å². The average Bonchev–Trinajstić information content (AvgIpc) is 3.21. The molecular formula is C20H21ClN2. The largest absolute Gasteiger partial charge is 0.354 e. The number of hydrogen-bond acceptors (Lipinski definition) is 1. The Balaban J connectivity index is 1.72. The highest BCUT2D eigenvalue weighted by atomic mass is 35.5. The minimum absolute atomic E-state index is 0.668. The molecule has 1 aromatic heterocycles. The maximum Gasteiger partial charge on any atom is 0.0510 e. The second kappa shape index (κ2) is 6.38. The van der Waals surface area contributed by atoms with Crippen molar-refractivity contribution in [3.63, 3.8) is 0 Å². The molecule has 3 aromatic rings. The first-order valence-corrected chi connectivity index (χ1v) is 8.78. The van der Waals surface area contributed by atoms with Gasteiger partial charge in [-0.3, -0.25) is 0 Å². The van der Waals surface area contributed by atoms with E-state index in [1.54, 1.807) is 0 Å². The lowest BCUT2D eigenvalue weighted by Crippen LogP contribution is -2.25. The molecule has 1 fully saturated rings. The number of aromatic amines is 1. The summed E-state index contributed by atoms with van der Waals surface area (Å²) in [5.74, 6) is 0. The number of H-pyrrole nitrogens is 1. The standard InChI is InChI=1S/C20H21ClN2/c21-15-11-9-14(10-12-15)20-18(13-22-16-5-1-2-6-16)17-7-3-4-8-19(17)23-20/h3-4,7-12,16,22-23H,1-2,5-6,13H2. The Hall–Kier alpha value is -1.77. The fraction of sp³-hybridized carbons (Fsp3) is 0.300. The van der Waals surface area contributed by atoms with Crippen molar-refractivity contribution in [2.75, 3.05) is 0 Å². The smallest absolute Gasteiger partial charge is 0.0510 e. The predicted octanol–water partition coefficient (Wildman–Crippen LogP) is 5.52. The molecule has 4 rings (SSSR count). The first-order chi connectivity index (χ1) is 11.3. The maximum absolute atomic E-state index is 6.04. The zero-order valence-corrected chi connectivity index (χ0v) is 13.9. The van der Waals surface area contributed by atoms with Gasteiger partial charge in [0.25, 0.3) is 0 Å². The lowest BCUT2D eigenvalue weighted by atomic mass is 10.0. The summed E-state index contributed by atoms with van der Waals surface area (Å²) in [5.41, 5.74) is 4.94. The molecule has 23 heavy (non-hydrogen) atoms. The number of rotatable bonds is 4. The predicted molar refractivity (Wildman–Crippen MR) is 97.8 cm³/mol. The lowest BCUT2D eigenvalue weighted by Gasteiger charge is -2.13. The van der Waals surface area contributed by atoms with E-state index in [0.717, 1.165) is 11.6 Å². The van der Waals surface area contributed by atoms with Crippen molar-refractivity contribution in [3.05, 3.63) is 59.1 Å². The van der Waals surface area contributed by atoms with E-state index in [-0.39, 0.29) is 0 Å². The van der Waals surface area contributed by atoms with Crippen LogP contribution in [0.4, 0.5) is 0 Å². The number of para-hydroxylation sites is 1. The van der Waals surface area contributed by atoms with E-state index in [4.69, 9.17) is 11.6 Å². The Labute approximate surface area is 141 Å². The van der Waals surface area contributed by atoms with Gasteiger partial charge < -0.3 is 10.3 Å². The van der Waals surface area contributed by atoms with Crippen LogP contribution in [0.1, 0.15) is 31.2 Å². The van der Waals surface area contributed by atoms with Crippen LogP contribution in [0.15, 0.2) is 48.5 Å². The van der Waals surface area contributed by atoms with Crippen molar-refractivity contribution in [1.82, 2.24) is 10.3 Å². The van der Waals surface area contributed by atoms with Crippen LogP contribution in [0, 0.1) is 0 Å². The van der Waals surface area contributed by atoms with Crippen LogP contribution in [-0.4, -0.2) is 11.0 Å². The van der Waals surface area contributed by atoms with Crippen LogP contribution in [0.3, 0.4) is 0 Å². The van der Waals surface area contributed by atoms with Gasteiger partial charge in [0.2, 0.25) is 0 Å². The average molecular weight is 325 g/mol. The molecular weight excluding hydrogens is 304 g/mol. The molecule has 0 saturated heterocycles. The quantitative estimate of drug-likeness (QED) is 0.649. The molecule has 1 saturated carbocycles. The van der Waals surface area contributed by atoms with Crippen molar-refractivity contribution in [2.45, 2.75) is 38.3 Å². The highest BCUT2D eigenvalue weighted by Crippen LogP contribution is 2.31. The lowest BCUT2D eigenvalue weighted by molar-refractivity contribution is 0.526. The molecule has 0 aliphatic heterocycles. The highest BCUT2D eigenvalue weighted by molar-refractivity contribution is 6.30. The zero-order chi connectivity index (χ0) is 15.6. The van der Waals surface area contributed by atoms with Gasteiger partial charge in [0.1, 0.15) is 0 Å². The van der Waals surface area contributed by atoms with E-state index in [1.807, 2.05) is 12.1 Å². The van der Waals surface area contributed by atoms with Crippen molar-refractivity contribution in [3.8, 4) is 11.3 Å². The molecule has 0 radical (unpaired) electrons. The van der Waals surface area contributed by atoms with Crippen LogP contribution in [-0.2, 0) is 6.54 Å². The summed E-state index contributed by atoms with van der Waals surface area (Å²) in [6, 6.07) is 17.3. The molecule has 2 N–H and O–H groups in total. The SMILES string of the molecule is Clc1ccc(-c2[nH]c3ccccc3c2CNC2CCCC2)cc1. The Bertz CT molecular complexity index is 798. The van der Waals surface area contributed by atoms with Gasteiger partial charge >= 0.3 is 0 Å². The van der Waals surface area contributed by atoms with Crippen LogP contribution >= 0.6 is 11.6 Å². The van der Waals surface area contributed by atoms with Crippen molar-refractivity contribution in [2.24, 2.45) is 0 Å². The third-order valence-electron chi connectivity index (χ3n) is 4.87. The van der Waals surface area contributed by atoms with Gasteiger partial charge in [-0.05, 0) is 42.2 Å². The maximum atomic E-state index is 6.04. The summed E-state index contributed by atoms with van der Waals surface area (Å²) in [7, 11) is 0. The molecule has 0 amide bonds. The third kappa shape index (κ3) is 3.01. The first-order valence-electron chi connectivity index (χ1n) is 8.40. The molecule has 0 unspecified atom stereocenters. The molecule has 1 aliphatic carbocycles. The first kappa shape index (κ1) is 14.8. The van der Waals surface area contributed by atoms with Gasteiger partial charge in [-0.25, -0.2) is 0 Å². The number of fused-ring (bicyclic) bond motifs is 1. The minimum Gasteiger partial charge on any atom is -0.354 e. The van der Waals surface area contributed by atoms with E-state index in [0.29, 0.717) is 6.04 Å². The van der Waals surface area contributed by atoms with Crippen molar-refractivity contribution >= 4 is 22.5 Å². The molecule has 2 nitrogen and oxygen atoms in total. The Morgan fingerprint density at radius 2 is 1.74 bits per heavy atom. The van der Waals surface area contributed by atoms with Crippen LogP contribution in [0.2, 0.25) is 5.02 Å². The molecule has 0 spiro atoms. The van der Waals surface area contributed by atoms with Crippen LogP contribution in [0.5, 0.6) is 0 Å². The van der Waals surface area contributed by atoms with E-state index in [2.05, 4.69) is 46.7 Å². The third-order valence-corrected chi connectivity index (χ3v) is 5.12. The molecule has 1 aliphatic rings. The Kier molecular flexibility index (Phi) is 4.11. The van der Waals surface area contributed by atoms with E-state index in [1.165, 1.54) is 53.4 Å². The second-order valence-electron chi connectivity index (χ2n) is 6.39. The molecule has 3 heteroatoms. The van der Waals surface area contributed by atoms with Crippen LogP contribution < -0.4 is 5.32 Å². The summed E-state index contributed by atoms with van der Waals surface area (Å²) < 4.78 is 0. The summed E-state index contributed by atoms with van der Waals surface area (Å²) in [4.78, 5) is 3.59. The van der Waals surface area contributed by atoms with Crippen LogP contribution in [0.25, 0.3) is 22.2 Å². The van der Waals surface area contributed by atoms with Crippen molar-refractivity contribution in [1.29, 1.82) is 0 Å². The minimum atomic E-state index is 0.668. The number of benzene rings is 2. The number of aromatic nitrogens is 1. The van der Waals surface area contributed by atoms with E-state index < -0.39 is 0 Å². The number of nitrogens with one attached hydrogen (secondary N) is 2. The second-order valence-corrected chi connectivity index (χ2v) is 6.83. The summed E-state index contributed by atoms with van der Waals surface area (Å²) in [6.07, 6.45) is 5.32. The van der Waals surface area contributed by atoms with E-state index in [9.17, 15) is 0 Å². The molecule has 1 heterocycles. The van der Waals surface area contributed by atoms with E-state index >= 15 is 0 Å². The Morgan fingerprint density at radius 1 is 1.00 bits per heavy atom. The highest BCUT2D eigenvalue weighted by Gasteiger charge is 2.17. The van der Waals surface area contributed by atoms with Gasteiger partial charge in [0.05, 0.1) is 5.69 Å². The Morgan fingerprint density at radius 3 is 2.52 bits per heavy atom. The summed E-state index contributed by atoms with van der Waals surface area (Å²) >= 11 is 6.04. The molecule has 0 bridgehead atoms. The zero-order valence-electron chi connectivity index (χ0n) is 13.1. The summed E-state index contributed by atoms with van der Waals surface area (Å²) in [5, 5.41) is 5.83. The van der Waals surface area contributed by atoms with Crippen molar-refractivity contribution < 1.29 is 0 Å². The number of hydrogen-bond donors (Lipinski definition) is 2. The molecule has 2 aromatic carbocycles. The summed E-state index contributed by atoms with van der Waals surface area (Å²) in [6.45, 7) is 0.909. The van der Waals surface area contributed by atoms with Gasteiger partial charge in [0, 0.05) is 28.5 Å². The number of halogens is 1. The van der Waals surface area contributed by atoms with Gasteiger partial charge in [0.15, 0.2) is 0 Å². The molecule has 0 atom stereocenters. The van der Waals surface area contributed by atoms with Gasteiger partial charge in [-0.2, -0.15) is 0 Å². The topological polar surface area (TPSA) is 27.8 Å². The molecule has 118 valence electrons.